The topological polar surface area (TPSA) is 82.9 Å². The Morgan fingerprint density at radius 2 is 1.42 bits per heavy atom. The molecule has 2 aliphatic rings. The molecule has 1 aromatic heterocycles. The van der Waals surface area contributed by atoms with Crippen LogP contribution in [0.4, 0.5) is 11.4 Å². The monoisotopic (exact) mass is 692 g/mol. The van der Waals surface area contributed by atoms with Crippen molar-refractivity contribution in [3.8, 4) is 22.5 Å². The lowest BCUT2D eigenvalue weighted by Crippen LogP contribution is -2.48. The molecule has 1 N–H and O–H groups in total. The third kappa shape index (κ3) is 7.58. The summed E-state index contributed by atoms with van der Waals surface area (Å²) in [6.07, 6.45) is 1.23. The number of nitrogens with zero attached hydrogens (tertiary/aromatic N) is 5. The summed E-state index contributed by atoms with van der Waals surface area (Å²) in [6, 6.07) is 29.8. The maximum absolute atomic E-state index is 12.1. The molecule has 4 aromatic carbocycles. The number of morpholine rings is 1. The highest BCUT2D eigenvalue weighted by Crippen LogP contribution is 2.35. The van der Waals surface area contributed by atoms with E-state index in [1.165, 1.54) is 23.1 Å². The smallest absolute Gasteiger partial charge is 0.175 e. The molecular formula is C40H48N6O3S. The van der Waals surface area contributed by atoms with Gasteiger partial charge in [0.05, 0.1) is 29.3 Å². The van der Waals surface area contributed by atoms with E-state index in [1.54, 1.807) is 12.1 Å². The first-order valence-corrected chi connectivity index (χ1v) is 19.5. The molecule has 9 nitrogen and oxygen atoms in total. The molecular weight excluding hydrogens is 645 g/mol. The van der Waals surface area contributed by atoms with Crippen LogP contribution in [0.3, 0.4) is 0 Å². The molecule has 10 heteroatoms. The van der Waals surface area contributed by atoms with Gasteiger partial charge in [-0.15, -0.1) is 0 Å². The first kappa shape index (κ1) is 34.2. The van der Waals surface area contributed by atoms with Crippen molar-refractivity contribution in [3.05, 3.63) is 96.1 Å². The molecule has 0 radical (unpaired) electrons. The second-order valence-electron chi connectivity index (χ2n) is 13.9. The summed E-state index contributed by atoms with van der Waals surface area (Å²) >= 11 is 0. The number of rotatable bonds is 10. The van der Waals surface area contributed by atoms with Crippen molar-refractivity contribution >= 4 is 32.2 Å². The summed E-state index contributed by atoms with van der Waals surface area (Å²) in [5.41, 5.74) is 9.72. The van der Waals surface area contributed by atoms with E-state index >= 15 is 0 Å². The van der Waals surface area contributed by atoms with Crippen molar-refractivity contribution < 1.29 is 13.2 Å². The lowest BCUT2D eigenvalue weighted by atomic mass is 10.0. The molecule has 50 heavy (non-hydrogen) atoms. The van der Waals surface area contributed by atoms with Gasteiger partial charge in [-0.25, -0.2) is 13.4 Å². The first-order valence-electron chi connectivity index (χ1n) is 17.6. The van der Waals surface area contributed by atoms with E-state index < -0.39 is 9.84 Å². The quantitative estimate of drug-likeness (QED) is 0.183. The van der Waals surface area contributed by atoms with Gasteiger partial charge >= 0.3 is 0 Å². The lowest BCUT2D eigenvalue weighted by Gasteiger charge is -2.38. The Kier molecular flexibility index (Phi) is 9.97. The van der Waals surface area contributed by atoms with Crippen LogP contribution in [0.25, 0.3) is 33.5 Å². The van der Waals surface area contributed by atoms with Crippen LogP contribution in [-0.4, -0.2) is 92.5 Å². The fourth-order valence-corrected chi connectivity index (χ4v) is 7.67. The summed E-state index contributed by atoms with van der Waals surface area (Å²) in [7, 11) is -1.27. The Bertz CT molecular complexity index is 2030. The van der Waals surface area contributed by atoms with Gasteiger partial charge in [0.1, 0.15) is 11.3 Å². The van der Waals surface area contributed by atoms with Gasteiger partial charge in [0, 0.05) is 83.0 Å². The van der Waals surface area contributed by atoms with Crippen LogP contribution in [-0.2, 0) is 34.7 Å². The van der Waals surface area contributed by atoms with E-state index in [2.05, 4.69) is 99.1 Å². The van der Waals surface area contributed by atoms with E-state index in [0.717, 1.165) is 98.3 Å². The number of imidazole rings is 1. The predicted octanol–water partition coefficient (Wildman–Crippen LogP) is 6.29. The summed E-state index contributed by atoms with van der Waals surface area (Å²) < 4.78 is 31.8. The number of sulfone groups is 1. The van der Waals surface area contributed by atoms with Crippen molar-refractivity contribution in [1.29, 1.82) is 0 Å². The molecule has 0 unspecified atom stereocenters. The van der Waals surface area contributed by atoms with Crippen LogP contribution in [0.5, 0.6) is 0 Å². The molecule has 0 spiro atoms. The van der Waals surface area contributed by atoms with E-state index in [0.29, 0.717) is 17.5 Å². The standard InChI is InChI=1S/C40H48N6O3S/c1-29(2)45-17-19-46(20-18-45)35-13-9-32(10-14-35)34-25-37(41-27-30-5-7-31(8-6-30)28-44-21-23-49-24-22-44)39-38(26-34)43(3)40(42-39)33-11-15-36(16-12-33)50(4,47)48/h5-16,25-26,29,41H,17-24,27-28H2,1-4H3. The Labute approximate surface area is 296 Å². The maximum atomic E-state index is 12.1. The maximum Gasteiger partial charge on any atom is 0.175 e. The van der Waals surface area contributed by atoms with Crippen molar-refractivity contribution in [2.75, 3.05) is 69.0 Å². The van der Waals surface area contributed by atoms with Crippen LogP contribution in [0.15, 0.2) is 89.8 Å². The molecule has 0 atom stereocenters. The van der Waals surface area contributed by atoms with Crippen molar-refractivity contribution in [2.24, 2.45) is 7.05 Å². The van der Waals surface area contributed by atoms with E-state index in [1.807, 2.05) is 19.2 Å². The minimum Gasteiger partial charge on any atom is -0.379 e. The molecule has 262 valence electrons. The second-order valence-corrected chi connectivity index (χ2v) is 15.9. The van der Waals surface area contributed by atoms with Gasteiger partial charge in [-0.3, -0.25) is 9.80 Å². The zero-order valence-electron chi connectivity index (χ0n) is 29.6. The van der Waals surface area contributed by atoms with E-state index in [9.17, 15) is 8.42 Å². The van der Waals surface area contributed by atoms with Crippen LogP contribution < -0.4 is 10.2 Å². The number of piperazine rings is 1. The number of nitrogens with one attached hydrogen (secondary N) is 1. The normalized spacial score (nSPS) is 16.4. The minimum absolute atomic E-state index is 0.297. The number of aromatic nitrogens is 2. The third-order valence-corrected chi connectivity index (χ3v) is 11.3. The van der Waals surface area contributed by atoms with Crippen molar-refractivity contribution in [1.82, 2.24) is 19.4 Å². The molecule has 0 aliphatic carbocycles. The Hall–Kier alpha value is -4.22. The van der Waals surface area contributed by atoms with Gasteiger partial charge in [-0.2, -0.15) is 0 Å². The van der Waals surface area contributed by atoms with Gasteiger partial charge in [0.15, 0.2) is 9.84 Å². The van der Waals surface area contributed by atoms with E-state index in [-0.39, 0.29) is 0 Å². The Balaban J connectivity index is 1.17. The summed E-state index contributed by atoms with van der Waals surface area (Å²) in [5.74, 6) is 0.781. The number of benzene rings is 4. The lowest BCUT2D eigenvalue weighted by molar-refractivity contribution is 0.0342. The molecule has 0 bridgehead atoms. The molecule has 0 amide bonds. The van der Waals surface area contributed by atoms with Gasteiger partial charge < -0.3 is 19.5 Å². The summed E-state index contributed by atoms with van der Waals surface area (Å²) in [4.78, 5) is 12.9. The van der Waals surface area contributed by atoms with Crippen molar-refractivity contribution in [3.63, 3.8) is 0 Å². The molecule has 5 aromatic rings. The highest BCUT2D eigenvalue weighted by Gasteiger charge is 2.20. The van der Waals surface area contributed by atoms with Crippen LogP contribution in [0.1, 0.15) is 25.0 Å². The number of anilines is 2. The number of fused-ring (bicyclic) bond motifs is 1. The Morgan fingerprint density at radius 3 is 2.06 bits per heavy atom. The number of hydrogen-bond donors (Lipinski definition) is 1. The highest BCUT2D eigenvalue weighted by atomic mass is 32.2. The zero-order valence-corrected chi connectivity index (χ0v) is 30.4. The summed E-state index contributed by atoms with van der Waals surface area (Å²) in [5, 5.41) is 3.72. The predicted molar refractivity (Wildman–Crippen MR) is 203 cm³/mol. The molecule has 2 fully saturated rings. The van der Waals surface area contributed by atoms with Crippen LogP contribution in [0, 0.1) is 0 Å². The fourth-order valence-electron chi connectivity index (χ4n) is 7.04. The fraction of sp³-hybridized carbons (Fsp3) is 0.375. The largest absolute Gasteiger partial charge is 0.379 e. The second kappa shape index (κ2) is 14.6. The minimum atomic E-state index is -3.29. The molecule has 2 aliphatic heterocycles. The van der Waals surface area contributed by atoms with E-state index in [4.69, 9.17) is 9.72 Å². The first-order chi connectivity index (χ1) is 24.1. The zero-order chi connectivity index (χ0) is 34.8. The van der Waals surface area contributed by atoms with Crippen LogP contribution in [0.2, 0.25) is 0 Å². The number of aryl methyl sites for hydroxylation is 1. The number of hydrogen-bond acceptors (Lipinski definition) is 8. The molecule has 2 saturated heterocycles. The van der Waals surface area contributed by atoms with Gasteiger partial charge in [0.2, 0.25) is 0 Å². The van der Waals surface area contributed by atoms with Crippen LogP contribution >= 0.6 is 0 Å². The SMILES string of the molecule is CC(C)N1CCN(c2ccc(-c3cc(NCc4ccc(CN5CCOCC5)cc4)c4nc(-c5ccc(S(C)(=O)=O)cc5)n(C)c4c3)cc2)CC1. The molecule has 3 heterocycles. The number of ether oxygens (including phenoxy) is 1. The Morgan fingerprint density at radius 1 is 0.780 bits per heavy atom. The average Bonchev–Trinajstić information content (AvgIpc) is 3.47. The molecule has 0 saturated carbocycles. The molecule has 7 rings (SSSR count). The third-order valence-electron chi connectivity index (χ3n) is 10.2. The average molecular weight is 693 g/mol. The van der Waals surface area contributed by atoms with Gasteiger partial charge in [0.25, 0.3) is 0 Å². The van der Waals surface area contributed by atoms with Gasteiger partial charge in [-0.05, 0) is 84.6 Å². The van der Waals surface area contributed by atoms with Crippen molar-refractivity contribution in [2.45, 2.75) is 37.9 Å². The summed E-state index contributed by atoms with van der Waals surface area (Å²) in [6.45, 7) is 13.9. The van der Waals surface area contributed by atoms with Gasteiger partial charge in [-0.1, -0.05) is 36.4 Å². The highest BCUT2D eigenvalue weighted by molar-refractivity contribution is 7.90.